The second-order valence-corrected chi connectivity index (χ2v) is 4.60. The predicted octanol–water partition coefficient (Wildman–Crippen LogP) is 3.92. The molecule has 0 aliphatic heterocycles. The van der Waals surface area contributed by atoms with Gasteiger partial charge in [-0.25, -0.2) is 13.6 Å². The van der Waals surface area contributed by atoms with E-state index in [4.69, 9.17) is 0 Å². The van der Waals surface area contributed by atoms with Crippen molar-refractivity contribution in [2.75, 3.05) is 12.4 Å². The Balaban J connectivity index is 2.12. The minimum absolute atomic E-state index is 0.338. The van der Waals surface area contributed by atoms with Crippen LogP contribution in [0.15, 0.2) is 42.5 Å². The topological polar surface area (TPSA) is 38.3 Å². The van der Waals surface area contributed by atoms with Crippen LogP contribution >= 0.6 is 0 Å². The summed E-state index contributed by atoms with van der Waals surface area (Å²) in [4.78, 5) is 11.3. The average molecular weight is 291 g/mol. The Morgan fingerprint density at radius 2 is 1.81 bits per heavy atom. The number of carbonyl (C=O) groups excluding carboxylic acids is 1. The highest BCUT2D eigenvalue weighted by Gasteiger charge is 2.12. The molecule has 0 saturated carbocycles. The van der Waals surface area contributed by atoms with Crippen molar-refractivity contribution in [3.63, 3.8) is 0 Å². The van der Waals surface area contributed by atoms with Gasteiger partial charge in [0.05, 0.1) is 18.7 Å². The summed E-state index contributed by atoms with van der Waals surface area (Å²) in [5, 5.41) is 3.09. The van der Waals surface area contributed by atoms with Gasteiger partial charge in [0, 0.05) is 17.3 Å². The summed E-state index contributed by atoms with van der Waals surface area (Å²) in [5.74, 6) is -1.62. The summed E-state index contributed by atoms with van der Waals surface area (Å²) >= 11 is 0. The van der Waals surface area contributed by atoms with Crippen LogP contribution in [0.4, 0.5) is 14.5 Å². The Kier molecular flexibility index (Phi) is 4.52. The van der Waals surface area contributed by atoms with Crippen LogP contribution in [-0.2, 0) is 4.74 Å². The number of halogens is 2. The molecule has 1 unspecified atom stereocenters. The van der Waals surface area contributed by atoms with E-state index in [2.05, 4.69) is 10.1 Å². The number of anilines is 1. The zero-order valence-electron chi connectivity index (χ0n) is 11.7. The smallest absolute Gasteiger partial charge is 0.337 e. The molecule has 0 bridgehead atoms. The van der Waals surface area contributed by atoms with Crippen LogP contribution in [0.3, 0.4) is 0 Å². The standard InChI is InChI=1S/C16H15F2NO2/c1-10(14-8-5-12(17)9-15(14)18)19-13-6-3-11(4-7-13)16(20)21-2/h3-10,19H,1-2H3. The lowest BCUT2D eigenvalue weighted by Gasteiger charge is -2.16. The van der Waals surface area contributed by atoms with E-state index in [1.807, 2.05) is 0 Å². The van der Waals surface area contributed by atoms with Crippen LogP contribution in [0.5, 0.6) is 0 Å². The molecule has 0 amide bonds. The maximum absolute atomic E-state index is 13.7. The first-order chi connectivity index (χ1) is 10.0. The van der Waals surface area contributed by atoms with E-state index in [9.17, 15) is 13.6 Å². The molecule has 0 aliphatic carbocycles. The van der Waals surface area contributed by atoms with E-state index < -0.39 is 17.6 Å². The third-order valence-corrected chi connectivity index (χ3v) is 3.12. The fraction of sp³-hybridized carbons (Fsp3) is 0.188. The average Bonchev–Trinajstić information content (AvgIpc) is 2.47. The molecule has 0 spiro atoms. The van der Waals surface area contributed by atoms with E-state index in [1.54, 1.807) is 31.2 Å². The number of hydrogen-bond acceptors (Lipinski definition) is 3. The van der Waals surface area contributed by atoms with Crippen LogP contribution in [0.2, 0.25) is 0 Å². The maximum Gasteiger partial charge on any atom is 0.337 e. The lowest BCUT2D eigenvalue weighted by atomic mass is 10.1. The maximum atomic E-state index is 13.7. The Bertz CT molecular complexity index is 641. The van der Waals surface area contributed by atoms with Gasteiger partial charge in [0.15, 0.2) is 0 Å². The second-order valence-electron chi connectivity index (χ2n) is 4.60. The van der Waals surface area contributed by atoms with E-state index in [1.165, 1.54) is 19.2 Å². The number of methoxy groups -OCH3 is 1. The first-order valence-corrected chi connectivity index (χ1v) is 6.41. The van der Waals surface area contributed by atoms with Gasteiger partial charge in [0.2, 0.25) is 0 Å². The van der Waals surface area contributed by atoms with Crippen LogP contribution in [-0.4, -0.2) is 13.1 Å². The van der Waals surface area contributed by atoms with Crippen molar-refractivity contribution in [1.82, 2.24) is 0 Å². The SMILES string of the molecule is COC(=O)c1ccc(NC(C)c2ccc(F)cc2F)cc1. The minimum Gasteiger partial charge on any atom is -0.465 e. The molecule has 1 N–H and O–H groups in total. The fourth-order valence-corrected chi connectivity index (χ4v) is 2.00. The van der Waals surface area contributed by atoms with Gasteiger partial charge >= 0.3 is 5.97 Å². The number of nitrogens with one attached hydrogen (secondary N) is 1. The molecule has 0 radical (unpaired) electrons. The van der Waals surface area contributed by atoms with E-state index >= 15 is 0 Å². The lowest BCUT2D eigenvalue weighted by molar-refractivity contribution is 0.0601. The van der Waals surface area contributed by atoms with Crippen LogP contribution < -0.4 is 5.32 Å². The van der Waals surface area contributed by atoms with Gasteiger partial charge in [0.1, 0.15) is 11.6 Å². The van der Waals surface area contributed by atoms with E-state index in [-0.39, 0.29) is 6.04 Å². The van der Waals surface area contributed by atoms with Gasteiger partial charge in [-0.1, -0.05) is 6.07 Å². The van der Waals surface area contributed by atoms with Crippen LogP contribution in [0, 0.1) is 11.6 Å². The number of carbonyl (C=O) groups is 1. The molecule has 0 fully saturated rings. The molecule has 0 saturated heterocycles. The number of hydrogen-bond donors (Lipinski definition) is 1. The third-order valence-electron chi connectivity index (χ3n) is 3.12. The summed E-state index contributed by atoms with van der Waals surface area (Å²) in [7, 11) is 1.31. The predicted molar refractivity (Wildman–Crippen MR) is 76.2 cm³/mol. The first kappa shape index (κ1) is 15.0. The van der Waals surface area contributed by atoms with E-state index in [0.29, 0.717) is 11.1 Å². The summed E-state index contributed by atoms with van der Waals surface area (Å²) in [5.41, 5.74) is 1.52. The summed E-state index contributed by atoms with van der Waals surface area (Å²) in [6.07, 6.45) is 0. The molecule has 2 rings (SSSR count). The number of benzene rings is 2. The first-order valence-electron chi connectivity index (χ1n) is 6.41. The zero-order chi connectivity index (χ0) is 15.4. The molecule has 21 heavy (non-hydrogen) atoms. The molecule has 1 atom stereocenters. The molecule has 5 heteroatoms. The zero-order valence-corrected chi connectivity index (χ0v) is 11.7. The minimum atomic E-state index is -0.606. The summed E-state index contributed by atoms with van der Waals surface area (Å²) in [6, 6.07) is 9.77. The Hall–Kier alpha value is -2.43. The summed E-state index contributed by atoms with van der Waals surface area (Å²) in [6.45, 7) is 1.77. The van der Waals surface area contributed by atoms with Crippen molar-refractivity contribution in [3.05, 3.63) is 65.2 Å². The van der Waals surface area contributed by atoms with Crippen molar-refractivity contribution in [2.45, 2.75) is 13.0 Å². The Morgan fingerprint density at radius 1 is 1.14 bits per heavy atom. The van der Waals surface area contributed by atoms with Gasteiger partial charge in [-0.2, -0.15) is 0 Å². The van der Waals surface area contributed by atoms with Crippen molar-refractivity contribution in [1.29, 1.82) is 0 Å². The van der Waals surface area contributed by atoms with Crippen molar-refractivity contribution >= 4 is 11.7 Å². The number of ether oxygens (including phenoxy) is 1. The molecule has 3 nitrogen and oxygen atoms in total. The lowest BCUT2D eigenvalue weighted by Crippen LogP contribution is -2.09. The molecule has 2 aromatic carbocycles. The third kappa shape index (κ3) is 3.56. The number of rotatable bonds is 4. The molecule has 0 aromatic heterocycles. The van der Waals surface area contributed by atoms with E-state index in [0.717, 1.165) is 11.8 Å². The molecule has 0 heterocycles. The quantitative estimate of drug-likeness (QED) is 0.868. The normalized spacial score (nSPS) is 11.8. The highest BCUT2D eigenvalue weighted by atomic mass is 19.1. The van der Waals surface area contributed by atoms with Gasteiger partial charge < -0.3 is 10.1 Å². The van der Waals surface area contributed by atoms with Crippen molar-refractivity contribution < 1.29 is 18.3 Å². The fourth-order valence-electron chi connectivity index (χ4n) is 2.00. The molecule has 2 aromatic rings. The highest BCUT2D eigenvalue weighted by Crippen LogP contribution is 2.22. The van der Waals surface area contributed by atoms with Crippen LogP contribution in [0.25, 0.3) is 0 Å². The van der Waals surface area contributed by atoms with Crippen molar-refractivity contribution in [3.8, 4) is 0 Å². The second kappa shape index (κ2) is 6.35. The largest absolute Gasteiger partial charge is 0.465 e. The molecule has 0 aliphatic rings. The van der Waals surface area contributed by atoms with Gasteiger partial charge in [0.25, 0.3) is 0 Å². The van der Waals surface area contributed by atoms with Gasteiger partial charge in [-0.05, 0) is 37.3 Å². The van der Waals surface area contributed by atoms with Gasteiger partial charge in [-0.3, -0.25) is 0 Å². The highest BCUT2D eigenvalue weighted by molar-refractivity contribution is 5.89. The summed E-state index contributed by atoms with van der Waals surface area (Å²) < 4.78 is 31.2. The molecular formula is C16H15F2NO2. The molecular weight excluding hydrogens is 276 g/mol. The monoisotopic (exact) mass is 291 g/mol. The molecule has 110 valence electrons. The van der Waals surface area contributed by atoms with Crippen LogP contribution in [0.1, 0.15) is 28.9 Å². The Labute approximate surface area is 121 Å². The van der Waals surface area contributed by atoms with Crippen molar-refractivity contribution in [2.24, 2.45) is 0 Å². The Morgan fingerprint density at radius 3 is 2.38 bits per heavy atom. The number of esters is 1. The van der Waals surface area contributed by atoms with Gasteiger partial charge in [-0.15, -0.1) is 0 Å².